The minimum atomic E-state index is 0.110. The Balaban J connectivity index is 1.37. The molecule has 0 unspecified atom stereocenters. The Morgan fingerprint density at radius 2 is 2.33 bits per heavy atom. The Bertz CT molecular complexity index is 544. The minimum absolute atomic E-state index is 0.110. The monoisotopic (exact) mass is 337 g/mol. The number of aryl methyl sites for hydroxylation is 1. The van der Waals surface area contributed by atoms with E-state index < -0.39 is 0 Å². The van der Waals surface area contributed by atoms with Crippen molar-refractivity contribution in [2.24, 2.45) is 5.92 Å². The fourth-order valence-electron chi connectivity index (χ4n) is 3.33. The first kappa shape index (κ1) is 17.3. The molecular formula is C16H27N5O3. The van der Waals surface area contributed by atoms with E-state index in [2.05, 4.69) is 32.3 Å². The van der Waals surface area contributed by atoms with E-state index in [0.717, 1.165) is 45.7 Å². The van der Waals surface area contributed by atoms with Crippen molar-refractivity contribution >= 4 is 5.91 Å². The number of likely N-dealkylation sites (N-methyl/N-ethyl adjacent to an activating group) is 1. The molecule has 1 aromatic rings. The summed E-state index contributed by atoms with van der Waals surface area (Å²) in [5.41, 5.74) is 0. The number of carbonyl (C=O) groups excluding carboxylic acids is 1. The van der Waals surface area contributed by atoms with Crippen molar-refractivity contribution in [1.29, 1.82) is 0 Å². The second-order valence-corrected chi connectivity index (χ2v) is 6.86. The van der Waals surface area contributed by atoms with Gasteiger partial charge in [-0.25, -0.2) is 0 Å². The lowest BCUT2D eigenvalue weighted by Gasteiger charge is -2.23. The van der Waals surface area contributed by atoms with Crippen molar-refractivity contribution in [2.45, 2.75) is 32.4 Å². The fourth-order valence-corrected chi connectivity index (χ4v) is 3.33. The third kappa shape index (κ3) is 4.75. The van der Waals surface area contributed by atoms with Crippen molar-refractivity contribution in [3.63, 3.8) is 0 Å². The number of likely N-dealkylation sites (tertiary alicyclic amines) is 1. The third-order valence-electron chi connectivity index (χ3n) is 4.81. The fraction of sp³-hybridized carbons (Fsp3) is 0.812. The van der Waals surface area contributed by atoms with Crippen LogP contribution in [0.2, 0.25) is 0 Å². The molecule has 8 heteroatoms. The highest BCUT2D eigenvalue weighted by Crippen LogP contribution is 2.16. The van der Waals surface area contributed by atoms with Crippen LogP contribution in [0.5, 0.6) is 0 Å². The van der Waals surface area contributed by atoms with Crippen LogP contribution in [-0.4, -0.2) is 78.3 Å². The normalized spacial score (nSPS) is 24.8. The van der Waals surface area contributed by atoms with Gasteiger partial charge in [-0.2, -0.15) is 4.98 Å². The van der Waals surface area contributed by atoms with Crippen molar-refractivity contribution in [3.05, 3.63) is 11.7 Å². The number of hydrogen-bond donors (Lipinski definition) is 1. The Kier molecular flexibility index (Phi) is 5.80. The molecule has 0 aliphatic carbocycles. The van der Waals surface area contributed by atoms with E-state index in [1.165, 1.54) is 0 Å². The van der Waals surface area contributed by atoms with Crippen LogP contribution in [0, 0.1) is 12.8 Å². The molecule has 2 aliphatic heterocycles. The number of ether oxygens (including phenoxy) is 1. The van der Waals surface area contributed by atoms with Crippen LogP contribution in [0.25, 0.3) is 0 Å². The number of rotatable bonds is 7. The molecule has 1 aromatic heterocycles. The number of nitrogens with one attached hydrogen (secondary N) is 1. The number of amides is 1. The Morgan fingerprint density at radius 3 is 3.04 bits per heavy atom. The zero-order valence-corrected chi connectivity index (χ0v) is 14.5. The highest BCUT2D eigenvalue weighted by Gasteiger charge is 2.27. The third-order valence-corrected chi connectivity index (χ3v) is 4.81. The average Bonchev–Trinajstić information content (AvgIpc) is 3.27. The van der Waals surface area contributed by atoms with Gasteiger partial charge in [-0.15, -0.1) is 0 Å². The van der Waals surface area contributed by atoms with Gasteiger partial charge in [0.1, 0.15) is 0 Å². The van der Waals surface area contributed by atoms with E-state index in [-0.39, 0.29) is 5.91 Å². The Hall–Kier alpha value is -1.51. The summed E-state index contributed by atoms with van der Waals surface area (Å²) in [5, 5.41) is 6.97. The summed E-state index contributed by atoms with van der Waals surface area (Å²) in [6.45, 7) is 7.10. The van der Waals surface area contributed by atoms with Crippen molar-refractivity contribution in [3.8, 4) is 0 Å². The minimum Gasteiger partial charge on any atom is -0.381 e. The van der Waals surface area contributed by atoms with Gasteiger partial charge in [-0.05, 0) is 19.9 Å². The molecule has 0 saturated carbocycles. The summed E-state index contributed by atoms with van der Waals surface area (Å²) >= 11 is 0. The largest absolute Gasteiger partial charge is 0.381 e. The van der Waals surface area contributed by atoms with Crippen LogP contribution in [0.4, 0.5) is 0 Å². The van der Waals surface area contributed by atoms with Gasteiger partial charge in [-0.3, -0.25) is 14.6 Å². The molecule has 2 aliphatic rings. The maximum Gasteiger partial charge on any atom is 0.234 e. The Morgan fingerprint density at radius 1 is 1.46 bits per heavy atom. The van der Waals surface area contributed by atoms with Gasteiger partial charge < -0.3 is 14.6 Å². The molecule has 3 rings (SSSR count). The molecule has 24 heavy (non-hydrogen) atoms. The topological polar surface area (TPSA) is 83.7 Å². The van der Waals surface area contributed by atoms with Crippen LogP contribution in [-0.2, 0) is 16.1 Å². The summed E-state index contributed by atoms with van der Waals surface area (Å²) in [5.74, 6) is 1.89. The Labute approximate surface area is 142 Å². The summed E-state index contributed by atoms with van der Waals surface area (Å²) in [4.78, 5) is 20.8. The molecular weight excluding hydrogens is 310 g/mol. The first-order valence-electron chi connectivity index (χ1n) is 8.66. The molecule has 134 valence electrons. The van der Waals surface area contributed by atoms with Gasteiger partial charge in [0.15, 0.2) is 5.82 Å². The summed E-state index contributed by atoms with van der Waals surface area (Å²) in [7, 11) is 2.07. The van der Waals surface area contributed by atoms with E-state index >= 15 is 0 Å². The molecule has 1 N–H and O–H groups in total. The van der Waals surface area contributed by atoms with E-state index in [4.69, 9.17) is 9.26 Å². The maximum atomic E-state index is 12.1. The number of aromatic nitrogens is 2. The molecule has 2 fully saturated rings. The highest BCUT2D eigenvalue weighted by molar-refractivity contribution is 5.78. The first-order valence-corrected chi connectivity index (χ1v) is 8.66. The second kappa shape index (κ2) is 8.04. The summed E-state index contributed by atoms with van der Waals surface area (Å²) in [6.07, 6.45) is 2.10. The molecule has 2 saturated heterocycles. The van der Waals surface area contributed by atoms with Crippen LogP contribution >= 0.6 is 0 Å². The zero-order chi connectivity index (χ0) is 16.9. The molecule has 0 radical (unpaired) electrons. The van der Waals surface area contributed by atoms with E-state index in [1.807, 2.05) is 0 Å². The summed E-state index contributed by atoms with van der Waals surface area (Å²) < 4.78 is 10.3. The molecule has 2 atom stereocenters. The smallest absolute Gasteiger partial charge is 0.234 e. The van der Waals surface area contributed by atoms with E-state index in [9.17, 15) is 4.79 Å². The van der Waals surface area contributed by atoms with Gasteiger partial charge in [0.2, 0.25) is 11.8 Å². The first-order chi connectivity index (χ1) is 11.6. The predicted octanol–water partition coefficient (Wildman–Crippen LogP) is 0.0368. The van der Waals surface area contributed by atoms with E-state index in [1.54, 1.807) is 6.92 Å². The van der Waals surface area contributed by atoms with Gasteiger partial charge in [0.05, 0.1) is 19.7 Å². The summed E-state index contributed by atoms with van der Waals surface area (Å²) in [6, 6.07) is 0.417. The maximum absolute atomic E-state index is 12.1. The van der Waals surface area contributed by atoms with Crippen LogP contribution in [0.15, 0.2) is 4.52 Å². The number of carbonyl (C=O) groups is 1. The van der Waals surface area contributed by atoms with Crippen molar-refractivity contribution in [1.82, 2.24) is 25.3 Å². The quantitative estimate of drug-likeness (QED) is 0.752. The molecule has 3 heterocycles. The second-order valence-electron chi connectivity index (χ2n) is 6.86. The van der Waals surface area contributed by atoms with Crippen molar-refractivity contribution < 1.29 is 14.1 Å². The lowest BCUT2D eigenvalue weighted by molar-refractivity contribution is -0.122. The molecule has 0 bridgehead atoms. The SMILES string of the molecule is Cc1nc(CN(C)[C@@H]2CCN(CC(=O)NC[C@H]3CCOC3)C2)no1. The van der Waals surface area contributed by atoms with Gasteiger partial charge >= 0.3 is 0 Å². The molecule has 0 aromatic carbocycles. The lowest BCUT2D eigenvalue weighted by atomic mass is 10.1. The predicted molar refractivity (Wildman–Crippen MR) is 87.3 cm³/mol. The van der Waals surface area contributed by atoms with Gasteiger partial charge in [0, 0.05) is 45.1 Å². The van der Waals surface area contributed by atoms with Gasteiger partial charge in [-0.1, -0.05) is 5.16 Å². The van der Waals surface area contributed by atoms with E-state index in [0.29, 0.717) is 36.8 Å². The van der Waals surface area contributed by atoms with Crippen LogP contribution in [0.1, 0.15) is 24.6 Å². The van der Waals surface area contributed by atoms with Crippen LogP contribution in [0.3, 0.4) is 0 Å². The van der Waals surface area contributed by atoms with Gasteiger partial charge in [0.25, 0.3) is 0 Å². The standard InChI is InChI=1S/C16H27N5O3/c1-12-18-15(19-24-12)9-20(2)14-3-5-21(8-14)10-16(22)17-7-13-4-6-23-11-13/h13-14H,3-11H2,1-2H3,(H,17,22)/t13-,14-/m1/s1. The average molecular weight is 337 g/mol. The molecule has 0 spiro atoms. The van der Waals surface area contributed by atoms with Crippen molar-refractivity contribution in [2.75, 3.05) is 46.4 Å². The lowest BCUT2D eigenvalue weighted by Crippen LogP contribution is -2.40. The molecule has 1 amide bonds. The number of hydrogen-bond acceptors (Lipinski definition) is 7. The molecule has 8 nitrogen and oxygen atoms in total. The zero-order valence-electron chi connectivity index (χ0n) is 14.5. The van der Waals surface area contributed by atoms with Crippen LogP contribution < -0.4 is 5.32 Å². The number of nitrogens with zero attached hydrogens (tertiary/aromatic N) is 4. The highest BCUT2D eigenvalue weighted by atomic mass is 16.5.